The number of aromatic nitrogens is 1. The Labute approximate surface area is 187 Å². The zero-order chi connectivity index (χ0) is 22.3. The molecular weight excluding hydrogens is 461 g/mol. The second-order valence-electron chi connectivity index (χ2n) is 7.14. The lowest BCUT2D eigenvalue weighted by Gasteiger charge is -2.09. The number of fused-ring (bicyclic) bond motifs is 1. The highest BCUT2D eigenvalue weighted by molar-refractivity contribution is 7.91. The molecule has 5 nitrogen and oxygen atoms in total. The van der Waals surface area contributed by atoms with Gasteiger partial charge in [0.2, 0.25) is 9.84 Å². The fraction of sp³-hybridized carbons (Fsp3) is 0.136. The molecule has 0 fully saturated rings. The molecule has 0 aliphatic heterocycles. The largest absolute Gasteiger partial charge is 0.481 e. The van der Waals surface area contributed by atoms with E-state index in [0.29, 0.717) is 27.1 Å². The van der Waals surface area contributed by atoms with Crippen LogP contribution in [0.1, 0.15) is 22.4 Å². The van der Waals surface area contributed by atoms with Crippen molar-refractivity contribution in [1.82, 2.24) is 4.98 Å². The summed E-state index contributed by atoms with van der Waals surface area (Å²) in [6, 6.07) is 8.75. The number of carboxylic acids is 1. The average molecular weight is 478 g/mol. The van der Waals surface area contributed by atoms with Crippen LogP contribution in [0.3, 0.4) is 0 Å². The monoisotopic (exact) mass is 477 g/mol. The standard InChI is InChI=1S/C22H17ClFNO4S2/c1-12-16(22-17(9-21(26)27)18(24)6-7-19(22)25-12)8-13-10-30-11-20(13)31(28,29)15-4-2-14(23)3-5-15/h2-7,10-11,25H,8-9H2,1H3,(H,26,27). The number of aromatic amines is 1. The zero-order valence-electron chi connectivity index (χ0n) is 16.3. The topological polar surface area (TPSA) is 87.2 Å². The van der Waals surface area contributed by atoms with Gasteiger partial charge >= 0.3 is 5.97 Å². The smallest absolute Gasteiger partial charge is 0.307 e. The van der Waals surface area contributed by atoms with Gasteiger partial charge in [-0.2, -0.15) is 11.3 Å². The Morgan fingerprint density at radius 2 is 1.84 bits per heavy atom. The van der Waals surface area contributed by atoms with Gasteiger partial charge in [0.1, 0.15) is 5.82 Å². The number of carboxylic acid groups (broad SMARTS) is 1. The molecule has 0 unspecified atom stereocenters. The van der Waals surface area contributed by atoms with Gasteiger partial charge in [-0.1, -0.05) is 11.6 Å². The van der Waals surface area contributed by atoms with E-state index in [1.54, 1.807) is 23.8 Å². The van der Waals surface area contributed by atoms with Gasteiger partial charge < -0.3 is 10.1 Å². The van der Waals surface area contributed by atoms with Gasteiger partial charge in [-0.15, -0.1) is 0 Å². The molecule has 0 aliphatic rings. The Hall–Kier alpha value is -2.68. The first-order chi connectivity index (χ1) is 14.7. The van der Waals surface area contributed by atoms with Crippen molar-refractivity contribution in [2.24, 2.45) is 0 Å². The highest BCUT2D eigenvalue weighted by atomic mass is 35.5. The van der Waals surface area contributed by atoms with E-state index in [4.69, 9.17) is 11.6 Å². The van der Waals surface area contributed by atoms with Crippen molar-refractivity contribution in [3.05, 3.63) is 80.4 Å². The van der Waals surface area contributed by atoms with Gasteiger partial charge in [0.25, 0.3) is 0 Å². The number of aliphatic carboxylic acids is 1. The van der Waals surface area contributed by atoms with Crippen molar-refractivity contribution >= 4 is 49.6 Å². The van der Waals surface area contributed by atoms with Gasteiger partial charge in [0.15, 0.2) is 0 Å². The van der Waals surface area contributed by atoms with Crippen molar-refractivity contribution in [1.29, 1.82) is 0 Å². The highest BCUT2D eigenvalue weighted by Gasteiger charge is 2.25. The predicted octanol–water partition coefficient (Wildman–Crippen LogP) is 5.38. The number of carbonyl (C=O) groups is 1. The molecule has 4 aromatic rings. The van der Waals surface area contributed by atoms with Crippen LogP contribution in [0.15, 0.2) is 56.9 Å². The molecule has 0 bridgehead atoms. The van der Waals surface area contributed by atoms with E-state index in [0.717, 1.165) is 5.69 Å². The van der Waals surface area contributed by atoms with E-state index >= 15 is 0 Å². The van der Waals surface area contributed by atoms with E-state index in [-0.39, 0.29) is 21.8 Å². The summed E-state index contributed by atoms with van der Waals surface area (Å²) in [5.74, 6) is -1.74. The first-order valence-corrected chi connectivity index (χ1v) is 12.0. The van der Waals surface area contributed by atoms with Crippen molar-refractivity contribution in [2.75, 3.05) is 0 Å². The maximum atomic E-state index is 14.5. The summed E-state index contributed by atoms with van der Waals surface area (Å²) in [6.07, 6.45) is -0.249. The van der Waals surface area contributed by atoms with E-state index < -0.39 is 28.0 Å². The van der Waals surface area contributed by atoms with Gasteiger partial charge in [0.05, 0.1) is 16.2 Å². The van der Waals surface area contributed by atoms with Crippen LogP contribution >= 0.6 is 22.9 Å². The van der Waals surface area contributed by atoms with Crippen LogP contribution in [0.4, 0.5) is 4.39 Å². The number of benzene rings is 2. The predicted molar refractivity (Wildman–Crippen MR) is 118 cm³/mol. The average Bonchev–Trinajstić information content (AvgIpc) is 3.30. The Morgan fingerprint density at radius 1 is 1.13 bits per heavy atom. The summed E-state index contributed by atoms with van der Waals surface area (Å²) < 4.78 is 40.9. The number of sulfone groups is 1. The maximum absolute atomic E-state index is 14.5. The maximum Gasteiger partial charge on any atom is 0.307 e. The van der Waals surface area contributed by atoms with Crippen molar-refractivity contribution < 1.29 is 22.7 Å². The minimum absolute atomic E-state index is 0.0849. The Kier molecular flexibility index (Phi) is 5.63. The molecular formula is C22H17ClFNO4S2. The number of nitrogens with one attached hydrogen (secondary N) is 1. The summed E-state index contributed by atoms with van der Waals surface area (Å²) in [5.41, 5.74) is 2.67. The molecule has 2 aromatic carbocycles. The molecule has 0 saturated carbocycles. The fourth-order valence-electron chi connectivity index (χ4n) is 3.69. The summed E-state index contributed by atoms with van der Waals surface area (Å²) in [6.45, 7) is 1.80. The molecule has 9 heteroatoms. The van der Waals surface area contributed by atoms with E-state index in [1.165, 1.54) is 41.7 Å². The van der Waals surface area contributed by atoms with Gasteiger partial charge in [-0.05, 0) is 59.8 Å². The van der Waals surface area contributed by atoms with Gasteiger partial charge in [-0.25, -0.2) is 12.8 Å². The first kappa shape index (κ1) is 21.5. The molecule has 0 radical (unpaired) electrons. The number of hydrogen-bond donors (Lipinski definition) is 2. The second kappa shape index (κ2) is 8.11. The van der Waals surface area contributed by atoms with Gasteiger partial charge in [-0.3, -0.25) is 4.79 Å². The first-order valence-electron chi connectivity index (χ1n) is 9.24. The molecule has 0 aliphatic carbocycles. The lowest BCUT2D eigenvalue weighted by atomic mass is 9.98. The molecule has 2 aromatic heterocycles. The molecule has 2 N–H and O–H groups in total. The number of halogens is 2. The number of aryl methyl sites for hydroxylation is 1. The Balaban J connectivity index is 1.83. The Bertz CT molecular complexity index is 1410. The lowest BCUT2D eigenvalue weighted by Crippen LogP contribution is -2.06. The van der Waals surface area contributed by atoms with Crippen LogP contribution in [-0.2, 0) is 27.5 Å². The lowest BCUT2D eigenvalue weighted by molar-refractivity contribution is -0.136. The van der Waals surface area contributed by atoms with Gasteiger partial charge in [0, 0.05) is 39.0 Å². The number of rotatable bonds is 6. The molecule has 2 heterocycles. The summed E-state index contributed by atoms with van der Waals surface area (Å²) in [4.78, 5) is 14.8. The number of hydrogen-bond acceptors (Lipinski definition) is 4. The molecule has 4 rings (SSSR count). The van der Waals surface area contributed by atoms with Crippen molar-refractivity contribution in [3.63, 3.8) is 0 Å². The summed E-state index contributed by atoms with van der Waals surface area (Å²) in [7, 11) is -3.78. The Morgan fingerprint density at radius 3 is 2.52 bits per heavy atom. The highest BCUT2D eigenvalue weighted by Crippen LogP contribution is 2.34. The van der Waals surface area contributed by atoms with E-state index in [9.17, 15) is 22.7 Å². The molecule has 160 valence electrons. The minimum Gasteiger partial charge on any atom is -0.481 e. The summed E-state index contributed by atoms with van der Waals surface area (Å²) in [5, 5.41) is 13.5. The van der Waals surface area contributed by atoms with Crippen LogP contribution in [0.25, 0.3) is 10.9 Å². The van der Waals surface area contributed by atoms with Crippen LogP contribution in [0, 0.1) is 12.7 Å². The number of H-pyrrole nitrogens is 1. The van der Waals surface area contributed by atoms with E-state index in [2.05, 4.69) is 4.98 Å². The molecule has 0 atom stereocenters. The third-order valence-corrected chi connectivity index (χ3v) is 8.19. The molecule has 31 heavy (non-hydrogen) atoms. The molecule has 0 saturated heterocycles. The quantitative estimate of drug-likeness (QED) is 0.390. The second-order valence-corrected chi connectivity index (χ2v) is 10.2. The van der Waals surface area contributed by atoms with Crippen LogP contribution < -0.4 is 0 Å². The van der Waals surface area contributed by atoms with Crippen molar-refractivity contribution in [3.8, 4) is 0 Å². The minimum atomic E-state index is -3.78. The summed E-state index contributed by atoms with van der Waals surface area (Å²) >= 11 is 7.14. The third-order valence-electron chi connectivity index (χ3n) is 5.14. The number of thiophene rings is 1. The van der Waals surface area contributed by atoms with E-state index in [1.807, 2.05) is 0 Å². The third kappa shape index (κ3) is 3.98. The van der Waals surface area contributed by atoms with Crippen LogP contribution in [0.2, 0.25) is 5.02 Å². The van der Waals surface area contributed by atoms with Crippen molar-refractivity contribution in [2.45, 2.75) is 29.6 Å². The normalized spacial score (nSPS) is 11.8. The fourth-order valence-corrected chi connectivity index (χ4v) is 6.50. The molecule has 0 spiro atoms. The zero-order valence-corrected chi connectivity index (χ0v) is 18.7. The van der Waals surface area contributed by atoms with Crippen LogP contribution in [-0.4, -0.2) is 24.5 Å². The van der Waals surface area contributed by atoms with Crippen LogP contribution in [0.5, 0.6) is 0 Å². The SMILES string of the molecule is Cc1[nH]c2ccc(F)c(CC(=O)O)c2c1Cc1cscc1S(=O)(=O)c1ccc(Cl)cc1. The molecule has 0 amide bonds.